The largest absolute Gasteiger partial charge is 0.436 e. The molecule has 0 aliphatic rings. The van der Waals surface area contributed by atoms with E-state index < -0.39 is 5.82 Å². The van der Waals surface area contributed by atoms with Crippen LogP contribution < -0.4 is 15.4 Å². The molecule has 20 heavy (non-hydrogen) atoms. The Labute approximate surface area is 115 Å². The highest BCUT2D eigenvalue weighted by atomic mass is 19.1. The Hall–Kier alpha value is -2.41. The Balaban J connectivity index is 2.24. The number of nitrogens with two attached hydrogens (primary N) is 1. The highest BCUT2D eigenvalue weighted by Gasteiger charge is 2.12. The predicted octanol–water partition coefficient (Wildman–Crippen LogP) is 1.42. The molecule has 0 fully saturated rings. The lowest BCUT2D eigenvalue weighted by Crippen LogP contribution is -2.23. The summed E-state index contributed by atoms with van der Waals surface area (Å²) in [5.41, 5.74) is 6.13. The van der Waals surface area contributed by atoms with Crippen molar-refractivity contribution in [3.05, 3.63) is 36.3 Å². The number of aliphatic hydroxyl groups excluding tert-OH is 1. The van der Waals surface area contributed by atoms with Gasteiger partial charge in [0.25, 0.3) is 5.88 Å². The summed E-state index contributed by atoms with van der Waals surface area (Å²) in [6.07, 6.45) is 1.03. The van der Waals surface area contributed by atoms with Crippen LogP contribution >= 0.6 is 0 Å². The molecule has 0 spiro atoms. The fraction of sp³-hybridized carbons (Fsp3) is 0.231. The van der Waals surface area contributed by atoms with Gasteiger partial charge in [0.1, 0.15) is 5.75 Å². The van der Waals surface area contributed by atoms with Gasteiger partial charge in [0, 0.05) is 25.3 Å². The van der Waals surface area contributed by atoms with Crippen LogP contribution in [0, 0.1) is 5.82 Å². The van der Waals surface area contributed by atoms with E-state index in [9.17, 15) is 4.39 Å². The summed E-state index contributed by atoms with van der Waals surface area (Å²) in [5.74, 6) is -0.211. The number of hydrogen-bond acceptors (Lipinski definition) is 6. The highest BCUT2D eigenvalue weighted by Crippen LogP contribution is 2.24. The normalized spacial score (nSPS) is 10.3. The topological polar surface area (TPSA) is 84.5 Å². The number of hydrogen-bond donors (Lipinski definition) is 2. The van der Waals surface area contributed by atoms with E-state index in [2.05, 4.69) is 9.97 Å². The number of likely N-dealkylation sites (N-methyl/N-ethyl adjacent to an activating group) is 1. The molecule has 2 aromatic rings. The number of aliphatic hydroxyl groups is 1. The number of nitrogens with zero attached hydrogens (tertiary/aromatic N) is 3. The smallest absolute Gasteiger partial charge is 0.260 e. The number of anilines is 2. The van der Waals surface area contributed by atoms with Gasteiger partial charge in [-0.15, -0.1) is 0 Å². The number of halogens is 1. The molecule has 1 heterocycles. The number of aromatic nitrogens is 2. The third-order valence-electron chi connectivity index (χ3n) is 2.55. The molecule has 0 saturated carbocycles. The van der Waals surface area contributed by atoms with Gasteiger partial charge in [-0.2, -0.15) is 9.37 Å². The van der Waals surface area contributed by atoms with Crippen LogP contribution in [0.1, 0.15) is 0 Å². The molecule has 0 radical (unpaired) electrons. The van der Waals surface area contributed by atoms with E-state index in [1.54, 1.807) is 36.2 Å². The molecule has 1 aromatic carbocycles. The Kier molecular flexibility index (Phi) is 4.31. The zero-order valence-electron chi connectivity index (χ0n) is 11.0. The van der Waals surface area contributed by atoms with Crippen LogP contribution in [0.2, 0.25) is 0 Å². The Morgan fingerprint density at radius 1 is 1.45 bits per heavy atom. The summed E-state index contributed by atoms with van der Waals surface area (Å²) in [7, 11) is 1.69. The number of benzene rings is 1. The molecule has 6 nitrogen and oxygen atoms in total. The van der Waals surface area contributed by atoms with Gasteiger partial charge in [0.2, 0.25) is 11.8 Å². The summed E-state index contributed by atoms with van der Waals surface area (Å²) in [6, 6.07) is 6.61. The minimum atomic E-state index is -0.673. The maximum absolute atomic E-state index is 13.7. The standard InChI is InChI=1S/C13H15FN4O2/c1-18(5-6-19)13-16-8-11(14)12(17-13)20-10-4-2-3-9(15)7-10/h2-4,7-8,19H,5-6,15H2,1H3. The van der Waals surface area contributed by atoms with Crippen LogP contribution in [0.15, 0.2) is 30.5 Å². The maximum Gasteiger partial charge on any atom is 0.260 e. The number of nitrogen functional groups attached to an aromatic ring is 1. The first-order valence-electron chi connectivity index (χ1n) is 5.98. The molecule has 0 atom stereocenters. The monoisotopic (exact) mass is 278 g/mol. The quantitative estimate of drug-likeness (QED) is 0.805. The molecule has 106 valence electrons. The lowest BCUT2D eigenvalue weighted by molar-refractivity contribution is 0.303. The van der Waals surface area contributed by atoms with Crippen molar-refractivity contribution in [2.75, 3.05) is 30.8 Å². The van der Waals surface area contributed by atoms with E-state index in [0.29, 0.717) is 18.0 Å². The van der Waals surface area contributed by atoms with Crippen molar-refractivity contribution in [1.29, 1.82) is 0 Å². The first-order valence-corrected chi connectivity index (χ1v) is 5.98. The Morgan fingerprint density at radius 3 is 2.95 bits per heavy atom. The zero-order valence-corrected chi connectivity index (χ0v) is 11.0. The fourth-order valence-corrected chi connectivity index (χ4v) is 1.54. The van der Waals surface area contributed by atoms with E-state index in [1.807, 2.05) is 0 Å². The summed E-state index contributed by atoms with van der Waals surface area (Å²) in [6.45, 7) is 0.284. The van der Waals surface area contributed by atoms with Crippen molar-refractivity contribution in [3.8, 4) is 11.6 Å². The van der Waals surface area contributed by atoms with Crippen LogP contribution in [-0.4, -0.2) is 35.3 Å². The third-order valence-corrected chi connectivity index (χ3v) is 2.55. The van der Waals surface area contributed by atoms with E-state index >= 15 is 0 Å². The molecule has 0 bridgehead atoms. The summed E-state index contributed by atoms with van der Waals surface area (Å²) in [5, 5.41) is 8.87. The van der Waals surface area contributed by atoms with Gasteiger partial charge in [-0.1, -0.05) is 6.07 Å². The molecular weight excluding hydrogens is 263 g/mol. The third kappa shape index (κ3) is 3.33. The predicted molar refractivity (Wildman–Crippen MR) is 73.3 cm³/mol. The van der Waals surface area contributed by atoms with Crippen LogP contribution in [-0.2, 0) is 0 Å². The second-order valence-electron chi connectivity index (χ2n) is 4.14. The molecular formula is C13H15FN4O2. The van der Waals surface area contributed by atoms with Gasteiger partial charge in [-0.25, -0.2) is 4.98 Å². The van der Waals surface area contributed by atoms with Crippen LogP contribution in [0.3, 0.4) is 0 Å². The van der Waals surface area contributed by atoms with Crippen LogP contribution in [0.5, 0.6) is 11.6 Å². The van der Waals surface area contributed by atoms with Crippen LogP contribution in [0.4, 0.5) is 16.0 Å². The number of rotatable bonds is 5. The average Bonchev–Trinajstić information content (AvgIpc) is 2.41. The summed E-state index contributed by atoms with van der Waals surface area (Å²) >= 11 is 0. The van der Waals surface area contributed by atoms with Crippen molar-refractivity contribution in [1.82, 2.24) is 9.97 Å². The minimum absolute atomic E-state index is 0.0529. The molecule has 0 aliphatic heterocycles. The van der Waals surface area contributed by atoms with Crippen molar-refractivity contribution in [2.45, 2.75) is 0 Å². The molecule has 0 amide bonds. The van der Waals surface area contributed by atoms with Gasteiger partial charge in [0.15, 0.2) is 0 Å². The Morgan fingerprint density at radius 2 is 2.25 bits per heavy atom. The fourth-order valence-electron chi connectivity index (χ4n) is 1.54. The molecule has 0 aliphatic carbocycles. The van der Waals surface area contributed by atoms with E-state index in [4.69, 9.17) is 15.6 Å². The SMILES string of the molecule is CN(CCO)c1ncc(F)c(Oc2cccc(N)c2)n1. The van der Waals surface area contributed by atoms with Crippen molar-refractivity contribution in [2.24, 2.45) is 0 Å². The molecule has 7 heteroatoms. The lowest BCUT2D eigenvalue weighted by atomic mass is 10.3. The Bertz CT molecular complexity index is 594. The van der Waals surface area contributed by atoms with Gasteiger partial charge < -0.3 is 20.5 Å². The van der Waals surface area contributed by atoms with E-state index in [1.165, 1.54) is 0 Å². The molecule has 0 saturated heterocycles. The van der Waals surface area contributed by atoms with E-state index in [-0.39, 0.29) is 18.4 Å². The van der Waals surface area contributed by atoms with Crippen molar-refractivity contribution in [3.63, 3.8) is 0 Å². The average molecular weight is 278 g/mol. The zero-order chi connectivity index (χ0) is 14.5. The van der Waals surface area contributed by atoms with Gasteiger partial charge in [-0.05, 0) is 12.1 Å². The number of ether oxygens (including phenoxy) is 1. The minimum Gasteiger partial charge on any atom is -0.436 e. The van der Waals surface area contributed by atoms with Gasteiger partial charge >= 0.3 is 0 Å². The molecule has 3 N–H and O–H groups in total. The van der Waals surface area contributed by atoms with E-state index in [0.717, 1.165) is 6.20 Å². The highest BCUT2D eigenvalue weighted by molar-refractivity contribution is 5.45. The van der Waals surface area contributed by atoms with Crippen LogP contribution in [0.25, 0.3) is 0 Å². The summed E-state index contributed by atoms with van der Waals surface area (Å²) in [4.78, 5) is 9.41. The van der Waals surface area contributed by atoms with Gasteiger partial charge in [0.05, 0.1) is 12.8 Å². The van der Waals surface area contributed by atoms with Crippen molar-refractivity contribution >= 4 is 11.6 Å². The first-order chi connectivity index (χ1) is 9.60. The van der Waals surface area contributed by atoms with Gasteiger partial charge in [-0.3, -0.25) is 0 Å². The molecule has 1 aromatic heterocycles. The second-order valence-corrected chi connectivity index (χ2v) is 4.14. The first kappa shape index (κ1) is 14.0. The summed E-state index contributed by atoms with van der Waals surface area (Å²) < 4.78 is 19.0. The molecule has 0 unspecified atom stereocenters. The molecule has 2 rings (SSSR count). The lowest BCUT2D eigenvalue weighted by Gasteiger charge is -2.16. The second kappa shape index (κ2) is 6.16. The van der Waals surface area contributed by atoms with Crippen molar-refractivity contribution < 1.29 is 14.2 Å². The maximum atomic E-state index is 13.7.